The van der Waals surface area contributed by atoms with Gasteiger partial charge in [0.25, 0.3) is 11.7 Å². The number of hydrogen-bond donors (Lipinski definition) is 2. The molecular formula is C18H23N3O5. The summed E-state index contributed by atoms with van der Waals surface area (Å²) in [6.07, 6.45) is 1.13. The van der Waals surface area contributed by atoms with Crippen molar-refractivity contribution in [2.75, 3.05) is 6.61 Å². The molecule has 0 atom stereocenters. The number of primary amides is 1. The Kier molecular flexibility index (Phi) is 5.64. The van der Waals surface area contributed by atoms with Crippen molar-refractivity contribution in [2.45, 2.75) is 40.5 Å². The van der Waals surface area contributed by atoms with Gasteiger partial charge >= 0.3 is 5.97 Å². The first-order valence-electron chi connectivity index (χ1n) is 8.40. The van der Waals surface area contributed by atoms with Crippen LogP contribution in [-0.4, -0.2) is 39.0 Å². The fourth-order valence-corrected chi connectivity index (χ4v) is 3.05. The number of ether oxygens (including phenoxy) is 1. The molecule has 2 heterocycles. The third-order valence-electron chi connectivity index (χ3n) is 3.93. The van der Waals surface area contributed by atoms with Gasteiger partial charge in [0.1, 0.15) is 11.3 Å². The zero-order chi connectivity index (χ0) is 19.6. The Balaban J connectivity index is 2.89. The lowest BCUT2D eigenvalue weighted by atomic mass is 9.95. The van der Waals surface area contributed by atoms with Crippen molar-refractivity contribution in [3.05, 3.63) is 28.6 Å². The van der Waals surface area contributed by atoms with Crippen LogP contribution in [0.4, 0.5) is 0 Å². The molecule has 26 heavy (non-hydrogen) atoms. The Hall–Kier alpha value is -2.90. The number of aromatic nitrogens is 2. The number of nitrogens with two attached hydrogens (primary N) is 1. The number of aliphatic carboxylic acids is 1. The minimum absolute atomic E-state index is 0.149. The lowest BCUT2D eigenvalue weighted by Gasteiger charge is -2.09. The number of carboxylic acid groups (broad SMARTS) is 1. The maximum absolute atomic E-state index is 12.6. The zero-order valence-electron chi connectivity index (χ0n) is 15.3. The van der Waals surface area contributed by atoms with Crippen LogP contribution < -0.4 is 10.5 Å². The molecule has 8 heteroatoms. The molecule has 0 saturated carbocycles. The van der Waals surface area contributed by atoms with E-state index < -0.39 is 24.3 Å². The van der Waals surface area contributed by atoms with Gasteiger partial charge in [0.15, 0.2) is 6.61 Å². The van der Waals surface area contributed by atoms with E-state index in [1.807, 2.05) is 20.8 Å². The number of carbonyl (C=O) groups is 3. The molecule has 2 aromatic heterocycles. The molecule has 0 fully saturated rings. The molecule has 140 valence electrons. The van der Waals surface area contributed by atoms with E-state index in [-0.39, 0.29) is 22.7 Å². The summed E-state index contributed by atoms with van der Waals surface area (Å²) in [4.78, 5) is 35.1. The molecule has 0 aliphatic heterocycles. The molecular weight excluding hydrogens is 338 g/mol. The minimum atomic E-state index is -1.15. The molecule has 8 nitrogen and oxygen atoms in total. The van der Waals surface area contributed by atoms with Crippen LogP contribution in [0.25, 0.3) is 5.52 Å². The van der Waals surface area contributed by atoms with Crippen molar-refractivity contribution < 1.29 is 24.2 Å². The average molecular weight is 361 g/mol. The van der Waals surface area contributed by atoms with Crippen LogP contribution in [0.2, 0.25) is 0 Å². The summed E-state index contributed by atoms with van der Waals surface area (Å²) in [6.45, 7) is 7.09. The zero-order valence-corrected chi connectivity index (χ0v) is 15.3. The van der Waals surface area contributed by atoms with Gasteiger partial charge in [-0.1, -0.05) is 20.8 Å². The van der Waals surface area contributed by atoms with Crippen LogP contribution in [-0.2, 0) is 22.4 Å². The van der Waals surface area contributed by atoms with Crippen LogP contribution in [0, 0.1) is 12.8 Å². The van der Waals surface area contributed by atoms with E-state index >= 15 is 0 Å². The van der Waals surface area contributed by atoms with Gasteiger partial charge in [0, 0.05) is 11.8 Å². The maximum atomic E-state index is 12.6. The summed E-state index contributed by atoms with van der Waals surface area (Å²) < 4.78 is 6.96. The first-order chi connectivity index (χ1) is 12.2. The Morgan fingerprint density at radius 3 is 2.50 bits per heavy atom. The molecule has 2 rings (SSSR count). The summed E-state index contributed by atoms with van der Waals surface area (Å²) in [6, 6.07) is 1.55. The Morgan fingerprint density at radius 1 is 1.35 bits per heavy atom. The largest absolute Gasteiger partial charge is 0.480 e. The summed E-state index contributed by atoms with van der Waals surface area (Å²) >= 11 is 0. The Bertz CT molecular complexity index is 883. The number of carboxylic acids is 1. The summed E-state index contributed by atoms with van der Waals surface area (Å²) in [7, 11) is 0. The molecule has 0 saturated heterocycles. The Morgan fingerprint density at radius 2 is 2.00 bits per heavy atom. The van der Waals surface area contributed by atoms with Gasteiger partial charge in [-0.15, -0.1) is 0 Å². The SMILES string of the molecule is CCc1c(CC(C)C)c(C(=O)C(N)=O)c2c(OCC(=O)O)cc(C)nn12. The molecule has 3 N–H and O–H groups in total. The second-order valence-electron chi connectivity index (χ2n) is 6.54. The molecule has 0 radical (unpaired) electrons. The molecule has 1 amide bonds. The molecule has 2 aromatic rings. The van der Waals surface area contributed by atoms with Gasteiger partial charge < -0.3 is 15.6 Å². The van der Waals surface area contributed by atoms with Crippen molar-refractivity contribution in [3.8, 4) is 5.75 Å². The third kappa shape index (κ3) is 3.68. The van der Waals surface area contributed by atoms with Gasteiger partial charge in [0.2, 0.25) is 0 Å². The molecule has 0 spiro atoms. The van der Waals surface area contributed by atoms with E-state index in [2.05, 4.69) is 5.10 Å². The minimum Gasteiger partial charge on any atom is -0.480 e. The molecule has 0 aromatic carbocycles. The lowest BCUT2D eigenvalue weighted by Crippen LogP contribution is -2.24. The fourth-order valence-electron chi connectivity index (χ4n) is 3.05. The average Bonchev–Trinajstić information content (AvgIpc) is 2.83. The van der Waals surface area contributed by atoms with Crippen molar-refractivity contribution in [1.29, 1.82) is 0 Å². The lowest BCUT2D eigenvalue weighted by molar-refractivity contribution is -0.139. The first kappa shape index (κ1) is 19.4. The predicted molar refractivity (Wildman–Crippen MR) is 94.5 cm³/mol. The highest BCUT2D eigenvalue weighted by Crippen LogP contribution is 2.33. The summed E-state index contributed by atoms with van der Waals surface area (Å²) in [5.74, 6) is -2.64. The highest BCUT2D eigenvalue weighted by atomic mass is 16.5. The van der Waals surface area contributed by atoms with E-state index in [0.29, 0.717) is 24.1 Å². The predicted octanol–water partition coefficient (Wildman–Crippen LogP) is 1.54. The number of amides is 1. The van der Waals surface area contributed by atoms with Crippen LogP contribution >= 0.6 is 0 Å². The van der Waals surface area contributed by atoms with Crippen LogP contribution in [0.5, 0.6) is 5.75 Å². The number of nitrogens with zero attached hydrogens (tertiary/aromatic N) is 2. The number of carbonyl (C=O) groups excluding carboxylic acids is 2. The summed E-state index contributed by atoms with van der Waals surface area (Å²) in [5, 5.41) is 13.4. The number of ketones is 1. The standard InChI is InChI=1S/C18H23N3O5/c1-5-12-11(6-9(2)3)15(17(24)18(19)25)16-13(26-8-14(22)23)7-10(4)20-21(12)16/h7,9H,5-6,8H2,1-4H3,(H2,19,25)(H,22,23). The number of rotatable bonds is 8. The smallest absolute Gasteiger partial charge is 0.341 e. The first-order valence-corrected chi connectivity index (χ1v) is 8.40. The van der Waals surface area contributed by atoms with Gasteiger partial charge in [-0.25, -0.2) is 9.31 Å². The van der Waals surface area contributed by atoms with Crippen LogP contribution in [0.3, 0.4) is 0 Å². The van der Waals surface area contributed by atoms with Gasteiger partial charge in [-0.3, -0.25) is 9.59 Å². The van der Waals surface area contributed by atoms with E-state index in [1.54, 1.807) is 17.5 Å². The third-order valence-corrected chi connectivity index (χ3v) is 3.93. The number of Topliss-reactive ketones (excluding diaryl/α,β-unsaturated/α-hetero) is 1. The van der Waals surface area contributed by atoms with Crippen molar-refractivity contribution in [2.24, 2.45) is 11.7 Å². The van der Waals surface area contributed by atoms with Crippen LogP contribution in [0.15, 0.2) is 6.07 Å². The van der Waals surface area contributed by atoms with Gasteiger partial charge in [-0.2, -0.15) is 5.10 Å². The molecule has 0 unspecified atom stereocenters. The molecule has 0 bridgehead atoms. The van der Waals surface area contributed by atoms with E-state index in [1.165, 1.54) is 0 Å². The number of aryl methyl sites for hydroxylation is 2. The number of fused-ring (bicyclic) bond motifs is 1. The number of hydrogen-bond acceptors (Lipinski definition) is 5. The fraction of sp³-hybridized carbons (Fsp3) is 0.444. The van der Waals surface area contributed by atoms with Crippen LogP contribution in [0.1, 0.15) is 48.1 Å². The van der Waals surface area contributed by atoms with Crippen molar-refractivity contribution in [3.63, 3.8) is 0 Å². The van der Waals surface area contributed by atoms with Crippen molar-refractivity contribution in [1.82, 2.24) is 9.61 Å². The quantitative estimate of drug-likeness (QED) is 0.543. The van der Waals surface area contributed by atoms with Crippen molar-refractivity contribution >= 4 is 23.2 Å². The second-order valence-corrected chi connectivity index (χ2v) is 6.54. The Labute approximate surface area is 150 Å². The van der Waals surface area contributed by atoms with Gasteiger partial charge in [-0.05, 0) is 31.2 Å². The summed E-state index contributed by atoms with van der Waals surface area (Å²) in [5.41, 5.74) is 7.77. The highest BCUT2D eigenvalue weighted by Gasteiger charge is 2.29. The topological polar surface area (TPSA) is 124 Å². The molecule has 0 aliphatic rings. The monoisotopic (exact) mass is 361 g/mol. The molecule has 0 aliphatic carbocycles. The van der Waals surface area contributed by atoms with E-state index in [4.69, 9.17) is 15.6 Å². The maximum Gasteiger partial charge on any atom is 0.341 e. The van der Waals surface area contributed by atoms with Gasteiger partial charge in [0.05, 0.1) is 11.3 Å². The van der Waals surface area contributed by atoms with E-state index in [9.17, 15) is 14.4 Å². The second kappa shape index (κ2) is 7.55. The normalized spacial score (nSPS) is 11.1. The highest BCUT2D eigenvalue weighted by molar-refractivity contribution is 6.44. The van der Waals surface area contributed by atoms with E-state index in [0.717, 1.165) is 5.69 Å².